The van der Waals surface area contributed by atoms with E-state index in [1.807, 2.05) is 0 Å². The molecule has 0 aromatic heterocycles. The average molecular weight is 214 g/mol. The van der Waals surface area contributed by atoms with Crippen LogP contribution >= 0.6 is 0 Å². The summed E-state index contributed by atoms with van der Waals surface area (Å²) in [5, 5.41) is 3.55. The van der Waals surface area contributed by atoms with Crippen molar-refractivity contribution in [2.45, 2.75) is 6.04 Å². The van der Waals surface area contributed by atoms with E-state index in [-0.39, 0.29) is 12.5 Å². The summed E-state index contributed by atoms with van der Waals surface area (Å²) in [6.07, 6.45) is 0. The van der Waals surface area contributed by atoms with Gasteiger partial charge in [0.25, 0.3) is 0 Å². The van der Waals surface area contributed by atoms with Crippen LogP contribution in [0.2, 0.25) is 0 Å². The number of morpholine rings is 1. The Balaban J connectivity index is 1.93. The fraction of sp³-hybridized carbons (Fsp3) is 0.750. The number of nitrogens with two attached hydrogens (primary N) is 1. The predicted molar refractivity (Wildman–Crippen MR) is 50.6 cm³/mol. The standard InChI is InChI=1S/C8H14N4O3/c9-12-5-6(10-8(12)14)7(13)11-1-3-15-4-2-11/h6H,1-5,9H2,(H,10,14). The summed E-state index contributed by atoms with van der Waals surface area (Å²) in [5.74, 6) is 5.28. The lowest BCUT2D eigenvalue weighted by Gasteiger charge is -2.28. The Morgan fingerprint density at radius 2 is 2.13 bits per heavy atom. The Hall–Kier alpha value is -1.34. The zero-order valence-electron chi connectivity index (χ0n) is 8.31. The second-order valence-corrected chi connectivity index (χ2v) is 3.59. The van der Waals surface area contributed by atoms with Crippen molar-refractivity contribution in [2.75, 3.05) is 32.8 Å². The first-order chi connectivity index (χ1) is 7.18. The fourth-order valence-electron chi connectivity index (χ4n) is 1.70. The molecule has 84 valence electrons. The Morgan fingerprint density at radius 1 is 1.47 bits per heavy atom. The zero-order valence-corrected chi connectivity index (χ0v) is 8.31. The van der Waals surface area contributed by atoms with Crippen LogP contribution < -0.4 is 11.2 Å². The first-order valence-electron chi connectivity index (χ1n) is 4.88. The molecule has 0 radical (unpaired) electrons. The molecule has 0 spiro atoms. The number of hydrogen-bond donors (Lipinski definition) is 2. The fourth-order valence-corrected chi connectivity index (χ4v) is 1.70. The summed E-state index contributed by atoms with van der Waals surface area (Å²) in [5.41, 5.74) is 0. The highest BCUT2D eigenvalue weighted by molar-refractivity contribution is 5.90. The van der Waals surface area contributed by atoms with E-state index in [1.54, 1.807) is 4.90 Å². The van der Waals surface area contributed by atoms with Crippen molar-refractivity contribution in [2.24, 2.45) is 5.84 Å². The quantitative estimate of drug-likeness (QED) is 0.395. The summed E-state index contributed by atoms with van der Waals surface area (Å²) < 4.78 is 5.14. The molecule has 0 saturated carbocycles. The maximum Gasteiger partial charge on any atom is 0.332 e. The van der Waals surface area contributed by atoms with Gasteiger partial charge in [0, 0.05) is 13.1 Å². The van der Waals surface area contributed by atoms with Crippen LogP contribution in [0, 0.1) is 0 Å². The van der Waals surface area contributed by atoms with E-state index in [9.17, 15) is 9.59 Å². The number of urea groups is 1. The van der Waals surface area contributed by atoms with Gasteiger partial charge in [0.05, 0.1) is 19.8 Å². The van der Waals surface area contributed by atoms with Gasteiger partial charge in [-0.3, -0.25) is 9.80 Å². The van der Waals surface area contributed by atoms with Gasteiger partial charge in [0.1, 0.15) is 6.04 Å². The van der Waals surface area contributed by atoms with E-state index in [4.69, 9.17) is 10.6 Å². The monoisotopic (exact) mass is 214 g/mol. The smallest absolute Gasteiger partial charge is 0.332 e. The molecule has 1 atom stereocenters. The minimum absolute atomic E-state index is 0.0837. The molecule has 0 aromatic carbocycles. The third kappa shape index (κ3) is 2.02. The second-order valence-electron chi connectivity index (χ2n) is 3.59. The van der Waals surface area contributed by atoms with Gasteiger partial charge in [-0.2, -0.15) is 0 Å². The molecule has 3 amide bonds. The third-order valence-corrected chi connectivity index (χ3v) is 2.56. The average Bonchev–Trinajstić information content (AvgIpc) is 2.59. The van der Waals surface area contributed by atoms with Gasteiger partial charge in [-0.15, -0.1) is 0 Å². The molecule has 3 N–H and O–H groups in total. The Bertz CT molecular complexity index is 277. The Morgan fingerprint density at radius 3 is 2.67 bits per heavy atom. The number of hydrogen-bond acceptors (Lipinski definition) is 4. The Kier molecular flexibility index (Phi) is 2.74. The minimum Gasteiger partial charge on any atom is -0.378 e. The van der Waals surface area contributed by atoms with Crippen molar-refractivity contribution in [1.82, 2.24) is 15.2 Å². The number of nitrogens with one attached hydrogen (secondary N) is 1. The molecule has 2 rings (SSSR count). The highest BCUT2D eigenvalue weighted by atomic mass is 16.5. The molecular weight excluding hydrogens is 200 g/mol. The van der Waals surface area contributed by atoms with Gasteiger partial charge in [0.2, 0.25) is 5.91 Å². The molecular formula is C8H14N4O3. The topological polar surface area (TPSA) is 87.9 Å². The number of nitrogens with zero attached hydrogens (tertiary/aromatic N) is 2. The van der Waals surface area contributed by atoms with Gasteiger partial charge in [-0.25, -0.2) is 10.6 Å². The van der Waals surface area contributed by atoms with E-state index < -0.39 is 12.1 Å². The molecule has 7 heteroatoms. The number of carbonyl (C=O) groups excluding carboxylic acids is 2. The lowest BCUT2D eigenvalue weighted by Crippen LogP contribution is -2.49. The minimum atomic E-state index is -0.513. The van der Waals surface area contributed by atoms with Crippen LogP contribution in [0.15, 0.2) is 0 Å². The van der Waals surface area contributed by atoms with Crippen molar-refractivity contribution in [1.29, 1.82) is 0 Å². The molecule has 0 aromatic rings. The van der Waals surface area contributed by atoms with Crippen LogP contribution in [0.3, 0.4) is 0 Å². The molecule has 2 saturated heterocycles. The third-order valence-electron chi connectivity index (χ3n) is 2.56. The molecule has 1 unspecified atom stereocenters. The summed E-state index contributed by atoms with van der Waals surface area (Å²) in [6.45, 7) is 2.50. The van der Waals surface area contributed by atoms with E-state index in [2.05, 4.69) is 5.32 Å². The highest BCUT2D eigenvalue weighted by Gasteiger charge is 2.34. The van der Waals surface area contributed by atoms with Gasteiger partial charge < -0.3 is 15.0 Å². The summed E-state index contributed by atoms with van der Waals surface area (Å²) in [6, 6.07) is -0.915. The lowest BCUT2D eigenvalue weighted by atomic mass is 10.2. The van der Waals surface area contributed by atoms with Crippen molar-refractivity contribution in [3.63, 3.8) is 0 Å². The van der Waals surface area contributed by atoms with Gasteiger partial charge in [0.15, 0.2) is 0 Å². The molecule has 0 aliphatic carbocycles. The predicted octanol–water partition coefficient (Wildman–Crippen LogP) is -1.89. The van der Waals surface area contributed by atoms with Crippen LogP contribution in [0.4, 0.5) is 4.79 Å². The number of amides is 3. The summed E-state index contributed by atoms with van der Waals surface area (Å²) in [4.78, 5) is 24.6. The second kappa shape index (κ2) is 4.03. The first kappa shape index (κ1) is 10.2. The van der Waals surface area contributed by atoms with Crippen molar-refractivity contribution in [3.8, 4) is 0 Å². The largest absolute Gasteiger partial charge is 0.378 e. The summed E-state index contributed by atoms with van der Waals surface area (Å²) >= 11 is 0. The molecule has 2 aliphatic heterocycles. The van der Waals surface area contributed by atoms with Crippen LogP contribution in [0.5, 0.6) is 0 Å². The van der Waals surface area contributed by atoms with Gasteiger partial charge in [-0.05, 0) is 0 Å². The SMILES string of the molecule is NN1CC(C(=O)N2CCOCC2)NC1=O. The van der Waals surface area contributed by atoms with Crippen LogP contribution in [0.1, 0.15) is 0 Å². The highest BCUT2D eigenvalue weighted by Crippen LogP contribution is 2.05. The maximum atomic E-state index is 11.9. The molecule has 2 heterocycles. The van der Waals surface area contributed by atoms with Crippen LogP contribution in [-0.2, 0) is 9.53 Å². The molecule has 2 fully saturated rings. The number of rotatable bonds is 1. The molecule has 7 nitrogen and oxygen atoms in total. The molecule has 0 bridgehead atoms. The maximum absolute atomic E-state index is 11.9. The van der Waals surface area contributed by atoms with E-state index in [0.717, 1.165) is 5.01 Å². The van der Waals surface area contributed by atoms with E-state index in [0.29, 0.717) is 26.3 Å². The van der Waals surface area contributed by atoms with Crippen molar-refractivity contribution in [3.05, 3.63) is 0 Å². The van der Waals surface area contributed by atoms with Gasteiger partial charge >= 0.3 is 6.03 Å². The van der Waals surface area contributed by atoms with Crippen molar-refractivity contribution >= 4 is 11.9 Å². The number of hydrazine groups is 1. The van der Waals surface area contributed by atoms with Crippen LogP contribution in [-0.4, -0.2) is 60.7 Å². The Labute approximate surface area is 87.1 Å². The van der Waals surface area contributed by atoms with Gasteiger partial charge in [-0.1, -0.05) is 0 Å². The first-order valence-corrected chi connectivity index (χ1v) is 4.88. The molecule has 15 heavy (non-hydrogen) atoms. The number of ether oxygens (including phenoxy) is 1. The van der Waals surface area contributed by atoms with E-state index in [1.165, 1.54) is 0 Å². The summed E-state index contributed by atoms with van der Waals surface area (Å²) in [7, 11) is 0. The lowest BCUT2D eigenvalue weighted by molar-refractivity contribution is -0.136. The normalized spacial score (nSPS) is 26.7. The van der Waals surface area contributed by atoms with Crippen LogP contribution in [0.25, 0.3) is 0 Å². The zero-order chi connectivity index (χ0) is 10.8. The van der Waals surface area contributed by atoms with E-state index >= 15 is 0 Å². The molecule has 2 aliphatic rings. The number of carbonyl (C=O) groups is 2. The van der Waals surface area contributed by atoms with Crippen molar-refractivity contribution < 1.29 is 14.3 Å².